The van der Waals surface area contributed by atoms with E-state index >= 15 is 0 Å². The highest BCUT2D eigenvalue weighted by molar-refractivity contribution is 6.05. The summed E-state index contributed by atoms with van der Waals surface area (Å²) in [5.41, 5.74) is 6.41. The summed E-state index contributed by atoms with van der Waals surface area (Å²) in [4.78, 5) is 22.3. The molecule has 0 atom stereocenters. The number of hydrogen-bond donors (Lipinski definition) is 2. The lowest BCUT2D eigenvalue weighted by Gasteiger charge is -2.08. The van der Waals surface area contributed by atoms with Crippen LogP contribution in [-0.4, -0.2) is 24.8 Å². The van der Waals surface area contributed by atoms with Gasteiger partial charge in [-0.15, -0.1) is 0 Å². The van der Waals surface area contributed by atoms with Crippen LogP contribution < -0.4 is 5.73 Å². The highest BCUT2D eigenvalue weighted by Crippen LogP contribution is 2.15. The van der Waals surface area contributed by atoms with Gasteiger partial charge >= 0.3 is 0 Å². The Labute approximate surface area is 134 Å². The van der Waals surface area contributed by atoms with E-state index in [0.717, 1.165) is 0 Å². The molecule has 3 N–H and O–H groups in total. The second-order valence-corrected chi connectivity index (χ2v) is 4.73. The van der Waals surface area contributed by atoms with Crippen LogP contribution in [0.1, 0.15) is 38.8 Å². The van der Waals surface area contributed by atoms with Crippen molar-refractivity contribution in [2.45, 2.75) is 13.3 Å². The average molecular weight is 314 g/mol. The normalized spacial score (nSPS) is 9.57. The summed E-state index contributed by atoms with van der Waals surface area (Å²) in [6.45, 7) is 1.30. The minimum absolute atomic E-state index is 0.0176. The van der Waals surface area contributed by atoms with E-state index in [1.54, 1.807) is 30.3 Å². The van der Waals surface area contributed by atoms with Crippen LogP contribution in [0.25, 0.3) is 0 Å². The Morgan fingerprint density at radius 1 is 1.17 bits per heavy atom. The van der Waals surface area contributed by atoms with Gasteiger partial charge in [0.25, 0.3) is 0 Å². The molecule has 0 aromatic heterocycles. The van der Waals surface area contributed by atoms with Gasteiger partial charge in [-0.3, -0.25) is 9.59 Å². The van der Waals surface area contributed by atoms with Gasteiger partial charge in [0, 0.05) is 23.3 Å². The van der Waals surface area contributed by atoms with Crippen LogP contribution in [-0.2, 0) is 6.42 Å². The number of halogens is 1. The van der Waals surface area contributed by atoms with Crippen LogP contribution >= 0.6 is 0 Å². The first-order chi connectivity index (χ1) is 11.0. The number of nitrogens with two attached hydrogens (primary N) is 1. The second kappa shape index (κ2) is 8.70. The maximum atomic E-state index is 13.5. The molecule has 0 saturated carbocycles. The number of benzene rings is 2. The molecule has 0 saturated heterocycles. The third-order valence-electron chi connectivity index (χ3n) is 3.20. The number of carbonyl (C=O) groups is 2. The number of rotatable bonds is 5. The minimum atomic E-state index is -0.564. The zero-order valence-electron chi connectivity index (χ0n) is 13.1. The molecule has 4 nitrogen and oxygen atoms in total. The monoisotopic (exact) mass is 314 g/mol. The largest absolute Gasteiger partial charge is 0.333 e. The highest BCUT2D eigenvalue weighted by atomic mass is 19.1. The summed E-state index contributed by atoms with van der Waals surface area (Å²) < 4.78 is 13.5. The van der Waals surface area contributed by atoms with E-state index < -0.39 is 5.82 Å². The first kappa shape index (κ1) is 18.4. The number of hydrogen-bond acceptors (Lipinski definition) is 4. The average Bonchev–Trinajstić information content (AvgIpc) is 2.58. The standard InChI is InChI=1S/C17H14FNO2.CH5N/c1-11(21)15-8-12(6-7-16(15)18)9-17(19)14-5-3-2-4-13(14)10-20;1-2/h2-8,10,19H,9H2,1H3;2H2,1H3. The van der Waals surface area contributed by atoms with E-state index in [1.165, 1.54) is 26.1 Å². The molecular formula is C18H19FN2O2. The van der Waals surface area contributed by atoms with E-state index in [4.69, 9.17) is 5.41 Å². The van der Waals surface area contributed by atoms with Crippen molar-refractivity contribution in [2.75, 3.05) is 7.05 Å². The van der Waals surface area contributed by atoms with E-state index in [-0.39, 0.29) is 23.5 Å². The topological polar surface area (TPSA) is 84.0 Å². The Balaban J connectivity index is 0.00000127. The quantitative estimate of drug-likeness (QED) is 0.505. The first-order valence-electron chi connectivity index (χ1n) is 7.02. The van der Waals surface area contributed by atoms with Crippen LogP contribution in [0.2, 0.25) is 0 Å². The lowest BCUT2D eigenvalue weighted by Crippen LogP contribution is -2.08. The molecule has 0 aliphatic carbocycles. The molecule has 0 heterocycles. The Bertz CT molecular complexity index is 727. The molecule has 23 heavy (non-hydrogen) atoms. The molecule has 0 aliphatic heterocycles. The van der Waals surface area contributed by atoms with Gasteiger partial charge in [-0.05, 0) is 31.7 Å². The molecule has 0 radical (unpaired) electrons. The molecule has 0 bridgehead atoms. The summed E-state index contributed by atoms with van der Waals surface area (Å²) in [6.07, 6.45) is 0.931. The Morgan fingerprint density at radius 2 is 1.83 bits per heavy atom. The number of ketones is 1. The molecule has 2 aromatic rings. The van der Waals surface area contributed by atoms with Crippen molar-refractivity contribution in [3.05, 3.63) is 70.5 Å². The molecule has 0 aliphatic rings. The Hall–Kier alpha value is -2.66. The van der Waals surface area contributed by atoms with Gasteiger partial charge in [0.15, 0.2) is 12.1 Å². The van der Waals surface area contributed by atoms with Gasteiger partial charge in [0.2, 0.25) is 0 Å². The van der Waals surface area contributed by atoms with E-state index in [1.807, 2.05) is 0 Å². The predicted octanol–water partition coefficient (Wildman–Crippen LogP) is 3.03. The van der Waals surface area contributed by atoms with Gasteiger partial charge in [0.05, 0.1) is 5.56 Å². The van der Waals surface area contributed by atoms with Crippen molar-refractivity contribution in [1.29, 1.82) is 5.41 Å². The zero-order chi connectivity index (χ0) is 17.4. The second-order valence-electron chi connectivity index (χ2n) is 4.73. The lowest BCUT2D eigenvalue weighted by atomic mass is 9.97. The van der Waals surface area contributed by atoms with Crippen LogP contribution in [0, 0.1) is 11.2 Å². The maximum Gasteiger partial charge on any atom is 0.162 e. The van der Waals surface area contributed by atoms with E-state index in [9.17, 15) is 14.0 Å². The van der Waals surface area contributed by atoms with Crippen LogP contribution in [0.4, 0.5) is 4.39 Å². The third kappa shape index (κ3) is 4.66. The fraction of sp³-hybridized carbons (Fsp3) is 0.167. The fourth-order valence-corrected chi connectivity index (χ4v) is 2.13. The molecule has 0 unspecified atom stereocenters. The van der Waals surface area contributed by atoms with Crippen LogP contribution in [0.15, 0.2) is 42.5 Å². The molecule has 2 aromatic carbocycles. The lowest BCUT2D eigenvalue weighted by molar-refractivity contribution is 0.101. The van der Waals surface area contributed by atoms with Crippen molar-refractivity contribution < 1.29 is 14.0 Å². The minimum Gasteiger partial charge on any atom is -0.333 e. The summed E-state index contributed by atoms with van der Waals surface area (Å²) in [5, 5.41) is 8.11. The molecule has 2 rings (SSSR count). The van der Waals surface area contributed by atoms with Crippen molar-refractivity contribution in [3.63, 3.8) is 0 Å². The van der Waals surface area contributed by atoms with Crippen LogP contribution in [0.3, 0.4) is 0 Å². The van der Waals surface area contributed by atoms with Gasteiger partial charge in [-0.25, -0.2) is 4.39 Å². The van der Waals surface area contributed by atoms with Crippen molar-refractivity contribution in [3.8, 4) is 0 Å². The summed E-state index contributed by atoms with van der Waals surface area (Å²) in [6, 6.07) is 11.0. The van der Waals surface area contributed by atoms with Crippen molar-refractivity contribution in [1.82, 2.24) is 0 Å². The molecule has 0 fully saturated rings. The SMILES string of the molecule is CC(=O)c1cc(CC(=N)c2ccccc2C=O)ccc1F.CN. The molecule has 0 spiro atoms. The number of carbonyl (C=O) groups excluding carboxylic acids is 2. The first-order valence-corrected chi connectivity index (χ1v) is 7.02. The Morgan fingerprint density at radius 3 is 2.43 bits per heavy atom. The molecule has 120 valence electrons. The maximum absolute atomic E-state index is 13.5. The van der Waals surface area contributed by atoms with Crippen molar-refractivity contribution >= 4 is 17.8 Å². The molecule has 5 heteroatoms. The van der Waals surface area contributed by atoms with Crippen molar-refractivity contribution in [2.24, 2.45) is 5.73 Å². The van der Waals surface area contributed by atoms with E-state index in [0.29, 0.717) is 23.0 Å². The third-order valence-corrected chi connectivity index (χ3v) is 3.20. The predicted molar refractivity (Wildman–Crippen MR) is 88.9 cm³/mol. The van der Waals surface area contributed by atoms with Crippen LogP contribution in [0.5, 0.6) is 0 Å². The number of nitrogens with one attached hydrogen (secondary N) is 1. The summed E-state index contributed by atoms with van der Waals surface area (Å²) >= 11 is 0. The highest BCUT2D eigenvalue weighted by Gasteiger charge is 2.11. The summed E-state index contributed by atoms with van der Waals surface area (Å²) in [5.74, 6) is -0.916. The van der Waals surface area contributed by atoms with E-state index in [2.05, 4.69) is 5.73 Å². The van der Waals surface area contributed by atoms with Gasteiger partial charge in [-0.2, -0.15) is 0 Å². The summed E-state index contributed by atoms with van der Waals surface area (Å²) in [7, 11) is 1.50. The smallest absolute Gasteiger partial charge is 0.162 e. The molecule has 0 amide bonds. The number of aldehydes is 1. The zero-order valence-corrected chi connectivity index (χ0v) is 13.1. The Kier molecular flexibility index (Phi) is 6.96. The van der Waals surface area contributed by atoms with Gasteiger partial charge < -0.3 is 11.1 Å². The van der Waals surface area contributed by atoms with Gasteiger partial charge in [-0.1, -0.05) is 30.3 Å². The van der Waals surface area contributed by atoms with Gasteiger partial charge in [0.1, 0.15) is 5.82 Å². The molecular weight excluding hydrogens is 295 g/mol. The number of Topliss-reactive ketones (excluding diaryl/α,β-unsaturated/α-hetero) is 1. The fourth-order valence-electron chi connectivity index (χ4n) is 2.13.